The molecule has 2 aliphatic heterocycles. The third-order valence-corrected chi connectivity index (χ3v) is 4.27. The summed E-state index contributed by atoms with van der Waals surface area (Å²) in [6.07, 6.45) is 3.40. The van der Waals surface area contributed by atoms with Crippen molar-refractivity contribution in [1.82, 2.24) is 4.90 Å². The second kappa shape index (κ2) is 6.36. The molecule has 0 saturated carbocycles. The van der Waals surface area contributed by atoms with Crippen LogP contribution in [0.4, 0.5) is 10.5 Å². The van der Waals surface area contributed by atoms with Gasteiger partial charge in [0.15, 0.2) is 0 Å². The van der Waals surface area contributed by atoms with E-state index in [4.69, 9.17) is 15.9 Å². The van der Waals surface area contributed by atoms with Crippen LogP contribution < -0.4 is 10.6 Å². The van der Waals surface area contributed by atoms with Gasteiger partial charge in [0, 0.05) is 17.8 Å². The van der Waals surface area contributed by atoms with E-state index in [-0.39, 0.29) is 18.0 Å². The third kappa shape index (κ3) is 3.22. The molecule has 2 saturated heterocycles. The number of amides is 1. The molecule has 22 heavy (non-hydrogen) atoms. The van der Waals surface area contributed by atoms with Crippen LogP contribution in [0.15, 0.2) is 24.3 Å². The predicted octanol–water partition coefficient (Wildman–Crippen LogP) is 1.78. The second-order valence-corrected chi connectivity index (χ2v) is 5.94. The first kappa shape index (κ1) is 14.8. The minimum Gasteiger partial charge on any atom is -0.443 e. The first-order chi connectivity index (χ1) is 10.6. The Hall–Kier alpha value is -2.08. The van der Waals surface area contributed by atoms with Crippen molar-refractivity contribution in [2.75, 3.05) is 31.1 Å². The number of nitrogen functional groups attached to an aromatic ring is 1. The van der Waals surface area contributed by atoms with Crippen molar-refractivity contribution in [2.45, 2.75) is 25.4 Å². The van der Waals surface area contributed by atoms with Crippen LogP contribution in [0.5, 0.6) is 0 Å². The Kier molecular flexibility index (Phi) is 4.29. The van der Waals surface area contributed by atoms with Gasteiger partial charge in [-0.1, -0.05) is 6.42 Å². The minimum absolute atomic E-state index is 0.0264. The Morgan fingerprint density at radius 3 is 2.55 bits per heavy atom. The van der Waals surface area contributed by atoms with Gasteiger partial charge in [0.1, 0.15) is 11.9 Å². The summed E-state index contributed by atoms with van der Waals surface area (Å²) < 4.78 is 5.49. The molecular formula is C16H22N4O2. The molecular weight excluding hydrogens is 280 g/mol. The first-order valence-corrected chi connectivity index (χ1v) is 7.78. The lowest BCUT2D eigenvalue weighted by Gasteiger charge is -2.27. The topological polar surface area (TPSA) is 82.7 Å². The van der Waals surface area contributed by atoms with Crippen molar-refractivity contribution in [3.8, 4) is 0 Å². The number of ether oxygens (including phenoxy) is 1. The van der Waals surface area contributed by atoms with Crippen molar-refractivity contribution < 1.29 is 9.53 Å². The van der Waals surface area contributed by atoms with E-state index in [0.29, 0.717) is 12.1 Å². The highest BCUT2D eigenvalue weighted by molar-refractivity contribution is 5.96. The van der Waals surface area contributed by atoms with Crippen LogP contribution >= 0.6 is 0 Å². The number of carbonyl (C=O) groups excluding carboxylic acids is 1. The van der Waals surface area contributed by atoms with Gasteiger partial charge >= 0.3 is 6.09 Å². The lowest BCUT2D eigenvalue weighted by atomic mass is 10.1. The summed E-state index contributed by atoms with van der Waals surface area (Å²) in [7, 11) is 0. The monoisotopic (exact) mass is 302 g/mol. The number of nitrogens with two attached hydrogens (primary N) is 1. The molecule has 2 aliphatic rings. The fourth-order valence-corrected chi connectivity index (χ4v) is 3.08. The van der Waals surface area contributed by atoms with Gasteiger partial charge in [-0.05, 0) is 50.2 Å². The van der Waals surface area contributed by atoms with Gasteiger partial charge in [-0.3, -0.25) is 15.2 Å². The Labute approximate surface area is 130 Å². The molecule has 2 fully saturated rings. The Morgan fingerprint density at radius 1 is 1.23 bits per heavy atom. The number of hydrogen-bond acceptors (Lipinski definition) is 4. The van der Waals surface area contributed by atoms with Crippen molar-refractivity contribution in [2.24, 2.45) is 5.73 Å². The van der Waals surface area contributed by atoms with E-state index in [2.05, 4.69) is 4.90 Å². The first-order valence-electron chi connectivity index (χ1n) is 7.78. The number of anilines is 1. The van der Waals surface area contributed by atoms with Crippen LogP contribution in [-0.2, 0) is 4.74 Å². The molecule has 2 heterocycles. The third-order valence-electron chi connectivity index (χ3n) is 4.27. The molecule has 0 aliphatic carbocycles. The number of benzene rings is 1. The Balaban J connectivity index is 1.62. The summed E-state index contributed by atoms with van der Waals surface area (Å²) in [6.45, 7) is 3.59. The SMILES string of the molecule is N=C(N)c1ccc(N2CC(CN3CCCCC3)OC2=O)cc1. The number of carbonyl (C=O) groups is 1. The highest BCUT2D eigenvalue weighted by Crippen LogP contribution is 2.23. The van der Waals surface area contributed by atoms with Gasteiger partial charge in [0.2, 0.25) is 0 Å². The van der Waals surface area contributed by atoms with Crippen molar-refractivity contribution in [3.05, 3.63) is 29.8 Å². The van der Waals surface area contributed by atoms with Gasteiger partial charge in [-0.15, -0.1) is 0 Å². The molecule has 0 aromatic heterocycles. The van der Waals surface area contributed by atoms with E-state index in [1.165, 1.54) is 19.3 Å². The van der Waals surface area contributed by atoms with Crippen molar-refractivity contribution in [1.29, 1.82) is 5.41 Å². The zero-order valence-electron chi connectivity index (χ0n) is 12.6. The van der Waals surface area contributed by atoms with Crippen LogP contribution in [0.3, 0.4) is 0 Å². The molecule has 3 rings (SSSR count). The summed E-state index contributed by atoms with van der Waals surface area (Å²) in [5, 5.41) is 7.40. The smallest absolute Gasteiger partial charge is 0.414 e. The van der Waals surface area contributed by atoms with Crippen LogP contribution in [0, 0.1) is 5.41 Å². The summed E-state index contributed by atoms with van der Waals surface area (Å²) in [5.41, 5.74) is 6.89. The highest BCUT2D eigenvalue weighted by Gasteiger charge is 2.33. The predicted molar refractivity (Wildman–Crippen MR) is 85.4 cm³/mol. The molecule has 1 aromatic carbocycles. The van der Waals surface area contributed by atoms with E-state index < -0.39 is 0 Å². The lowest BCUT2D eigenvalue weighted by Crippen LogP contribution is -2.38. The zero-order valence-corrected chi connectivity index (χ0v) is 12.6. The Morgan fingerprint density at radius 2 is 1.91 bits per heavy atom. The lowest BCUT2D eigenvalue weighted by molar-refractivity contribution is 0.101. The second-order valence-electron chi connectivity index (χ2n) is 5.94. The number of nitrogens with zero attached hydrogens (tertiary/aromatic N) is 2. The van der Waals surface area contributed by atoms with E-state index in [1.54, 1.807) is 29.2 Å². The van der Waals surface area contributed by atoms with Crippen molar-refractivity contribution >= 4 is 17.6 Å². The molecule has 0 bridgehead atoms. The van der Waals surface area contributed by atoms with Crippen LogP contribution in [0.1, 0.15) is 24.8 Å². The minimum atomic E-state index is -0.294. The molecule has 1 unspecified atom stereocenters. The number of cyclic esters (lactones) is 1. The van der Waals surface area contributed by atoms with Crippen LogP contribution in [0.25, 0.3) is 0 Å². The average molecular weight is 302 g/mol. The molecule has 3 N–H and O–H groups in total. The van der Waals surface area contributed by atoms with E-state index in [1.807, 2.05) is 0 Å². The highest BCUT2D eigenvalue weighted by atomic mass is 16.6. The molecule has 1 amide bonds. The number of amidine groups is 1. The van der Waals surface area contributed by atoms with E-state index >= 15 is 0 Å². The summed E-state index contributed by atoms with van der Waals surface area (Å²) in [4.78, 5) is 16.1. The number of likely N-dealkylation sites (tertiary alicyclic amines) is 1. The maximum Gasteiger partial charge on any atom is 0.414 e. The molecule has 118 valence electrons. The summed E-state index contributed by atoms with van der Waals surface area (Å²) in [5.74, 6) is 0.0264. The van der Waals surface area contributed by atoms with Gasteiger partial charge < -0.3 is 10.5 Å². The summed E-state index contributed by atoms with van der Waals surface area (Å²) >= 11 is 0. The summed E-state index contributed by atoms with van der Waals surface area (Å²) in [6, 6.07) is 7.12. The van der Waals surface area contributed by atoms with Crippen LogP contribution in [0.2, 0.25) is 0 Å². The fourth-order valence-electron chi connectivity index (χ4n) is 3.08. The molecule has 6 nitrogen and oxygen atoms in total. The number of piperidine rings is 1. The fraction of sp³-hybridized carbons (Fsp3) is 0.500. The largest absolute Gasteiger partial charge is 0.443 e. The molecule has 0 spiro atoms. The molecule has 1 aromatic rings. The maximum absolute atomic E-state index is 12.1. The van der Waals surface area contributed by atoms with E-state index in [0.717, 1.165) is 25.3 Å². The molecule has 0 radical (unpaired) electrons. The van der Waals surface area contributed by atoms with Gasteiger partial charge in [-0.25, -0.2) is 4.79 Å². The normalized spacial score (nSPS) is 22.6. The Bertz CT molecular complexity index is 552. The average Bonchev–Trinajstić information content (AvgIpc) is 2.89. The quantitative estimate of drug-likeness (QED) is 0.656. The van der Waals surface area contributed by atoms with Crippen molar-refractivity contribution in [3.63, 3.8) is 0 Å². The van der Waals surface area contributed by atoms with E-state index in [9.17, 15) is 4.79 Å². The van der Waals surface area contributed by atoms with Gasteiger partial charge in [0.25, 0.3) is 0 Å². The zero-order chi connectivity index (χ0) is 15.5. The number of hydrogen-bond donors (Lipinski definition) is 2. The van der Waals surface area contributed by atoms with Gasteiger partial charge in [0.05, 0.1) is 6.54 Å². The number of nitrogens with one attached hydrogen (secondary N) is 1. The standard InChI is InChI=1S/C16H22N4O2/c17-15(18)12-4-6-13(7-5-12)20-11-14(22-16(20)21)10-19-8-2-1-3-9-19/h4-7,14H,1-3,8-11H2,(H3,17,18). The number of rotatable bonds is 4. The van der Waals surface area contributed by atoms with Crippen LogP contribution in [-0.4, -0.2) is 49.1 Å². The maximum atomic E-state index is 12.1. The van der Waals surface area contributed by atoms with Gasteiger partial charge in [-0.2, -0.15) is 0 Å². The molecule has 1 atom stereocenters. The molecule has 6 heteroatoms.